The molecule has 0 saturated carbocycles. The monoisotopic (exact) mass is 247 g/mol. The van der Waals surface area contributed by atoms with Gasteiger partial charge in [0.05, 0.1) is 6.61 Å². The molecular formula is C16H25NO. The molecule has 1 aromatic carbocycles. The van der Waals surface area contributed by atoms with Gasteiger partial charge in [0.1, 0.15) is 5.75 Å². The minimum Gasteiger partial charge on any atom is -0.494 e. The maximum absolute atomic E-state index is 5.73. The molecule has 0 aliphatic rings. The van der Waals surface area contributed by atoms with Crippen molar-refractivity contribution in [2.45, 2.75) is 39.2 Å². The average molecular weight is 247 g/mol. The normalized spacial score (nSPS) is 12.1. The molecular weight excluding hydrogens is 222 g/mol. The average Bonchev–Trinajstić information content (AvgIpc) is 2.40. The molecule has 0 heterocycles. The molecule has 0 bridgehead atoms. The van der Waals surface area contributed by atoms with Crippen LogP contribution in [0.1, 0.15) is 33.1 Å². The molecule has 1 unspecified atom stereocenters. The van der Waals surface area contributed by atoms with Gasteiger partial charge in [0, 0.05) is 6.04 Å². The van der Waals surface area contributed by atoms with Crippen LogP contribution in [0.15, 0.2) is 42.5 Å². The van der Waals surface area contributed by atoms with Gasteiger partial charge in [0.15, 0.2) is 0 Å². The summed E-state index contributed by atoms with van der Waals surface area (Å²) in [6.07, 6.45) is 3.12. The molecule has 0 fully saturated rings. The Bertz CT molecular complexity index is 334. The first-order valence-electron chi connectivity index (χ1n) is 6.84. The van der Waals surface area contributed by atoms with E-state index in [4.69, 9.17) is 4.74 Å². The zero-order valence-corrected chi connectivity index (χ0v) is 11.6. The summed E-state index contributed by atoms with van der Waals surface area (Å²) in [6, 6.07) is 10.5. The minimum absolute atomic E-state index is 0.478. The summed E-state index contributed by atoms with van der Waals surface area (Å²) in [6.45, 7) is 10.1. The highest BCUT2D eigenvalue weighted by atomic mass is 16.5. The van der Waals surface area contributed by atoms with E-state index in [1.165, 1.54) is 5.57 Å². The van der Waals surface area contributed by atoms with Gasteiger partial charge in [-0.3, -0.25) is 0 Å². The first-order valence-corrected chi connectivity index (χ1v) is 6.84. The predicted molar refractivity (Wildman–Crippen MR) is 78.1 cm³/mol. The lowest BCUT2D eigenvalue weighted by molar-refractivity contribution is 0.285. The number of ether oxygens (including phenoxy) is 1. The molecule has 0 aliphatic carbocycles. The van der Waals surface area contributed by atoms with Crippen molar-refractivity contribution in [3.8, 4) is 5.75 Å². The molecule has 0 aromatic heterocycles. The van der Waals surface area contributed by atoms with E-state index in [1.807, 2.05) is 30.3 Å². The highest BCUT2D eigenvalue weighted by Gasteiger charge is 2.08. The van der Waals surface area contributed by atoms with Crippen molar-refractivity contribution in [2.24, 2.45) is 0 Å². The number of rotatable bonds is 9. The van der Waals surface area contributed by atoms with Crippen LogP contribution in [0.4, 0.5) is 0 Å². The maximum atomic E-state index is 5.73. The standard InChI is InChI=1S/C16H25NO/c1-4-14(3)13-15(17-5-2)11-12-18-16-9-7-6-8-10-16/h6-10,15,17H,3-5,11-13H2,1-2H3. The third kappa shape index (κ3) is 5.87. The van der Waals surface area contributed by atoms with E-state index in [-0.39, 0.29) is 0 Å². The van der Waals surface area contributed by atoms with Crippen LogP contribution in [0, 0.1) is 0 Å². The van der Waals surface area contributed by atoms with E-state index in [9.17, 15) is 0 Å². The second-order valence-corrected chi connectivity index (χ2v) is 4.51. The fourth-order valence-electron chi connectivity index (χ4n) is 1.89. The lowest BCUT2D eigenvalue weighted by Crippen LogP contribution is -2.30. The highest BCUT2D eigenvalue weighted by molar-refractivity contribution is 5.20. The molecule has 1 aromatic rings. The van der Waals surface area contributed by atoms with E-state index in [2.05, 4.69) is 25.7 Å². The molecule has 0 saturated heterocycles. The second-order valence-electron chi connectivity index (χ2n) is 4.51. The Hall–Kier alpha value is -1.28. The van der Waals surface area contributed by atoms with Crippen LogP contribution in [0.3, 0.4) is 0 Å². The van der Waals surface area contributed by atoms with E-state index in [0.29, 0.717) is 6.04 Å². The topological polar surface area (TPSA) is 21.3 Å². The first kappa shape index (κ1) is 14.8. The van der Waals surface area contributed by atoms with Crippen molar-refractivity contribution in [3.05, 3.63) is 42.5 Å². The van der Waals surface area contributed by atoms with E-state index in [1.54, 1.807) is 0 Å². The molecule has 2 nitrogen and oxygen atoms in total. The molecule has 100 valence electrons. The van der Waals surface area contributed by atoms with E-state index < -0.39 is 0 Å². The molecule has 1 N–H and O–H groups in total. The molecule has 1 atom stereocenters. The quantitative estimate of drug-likeness (QED) is 0.670. The smallest absolute Gasteiger partial charge is 0.119 e. The number of benzene rings is 1. The third-order valence-electron chi connectivity index (χ3n) is 3.01. The second kappa shape index (κ2) is 8.76. The number of para-hydroxylation sites is 1. The molecule has 0 spiro atoms. The van der Waals surface area contributed by atoms with Crippen LogP contribution in [0.25, 0.3) is 0 Å². The highest BCUT2D eigenvalue weighted by Crippen LogP contribution is 2.12. The van der Waals surface area contributed by atoms with Crippen molar-refractivity contribution in [1.29, 1.82) is 0 Å². The number of hydrogen-bond acceptors (Lipinski definition) is 2. The number of nitrogens with one attached hydrogen (secondary N) is 1. The lowest BCUT2D eigenvalue weighted by atomic mass is 10.0. The van der Waals surface area contributed by atoms with E-state index >= 15 is 0 Å². The summed E-state index contributed by atoms with van der Waals surface area (Å²) < 4.78 is 5.73. The zero-order valence-electron chi connectivity index (χ0n) is 11.6. The fraction of sp³-hybridized carbons (Fsp3) is 0.500. The summed E-state index contributed by atoms with van der Waals surface area (Å²) in [7, 11) is 0. The van der Waals surface area contributed by atoms with Gasteiger partial charge >= 0.3 is 0 Å². The van der Waals surface area contributed by atoms with E-state index in [0.717, 1.165) is 38.2 Å². The molecule has 18 heavy (non-hydrogen) atoms. The Kier molecular flexibility index (Phi) is 7.19. The molecule has 0 radical (unpaired) electrons. The molecule has 2 heteroatoms. The van der Waals surface area contributed by atoms with Gasteiger partial charge < -0.3 is 10.1 Å². The summed E-state index contributed by atoms with van der Waals surface area (Å²) in [5.74, 6) is 0.946. The molecule has 1 rings (SSSR count). The summed E-state index contributed by atoms with van der Waals surface area (Å²) >= 11 is 0. The fourth-order valence-corrected chi connectivity index (χ4v) is 1.89. The lowest BCUT2D eigenvalue weighted by Gasteiger charge is -2.19. The Labute approximate surface area is 111 Å². The molecule has 0 amide bonds. The van der Waals surface area contributed by atoms with Crippen molar-refractivity contribution in [3.63, 3.8) is 0 Å². The van der Waals surface area contributed by atoms with Crippen molar-refractivity contribution < 1.29 is 4.74 Å². The van der Waals surface area contributed by atoms with Gasteiger partial charge in [-0.05, 0) is 37.9 Å². The van der Waals surface area contributed by atoms with Gasteiger partial charge in [-0.25, -0.2) is 0 Å². The largest absolute Gasteiger partial charge is 0.494 e. The van der Waals surface area contributed by atoms with Crippen molar-refractivity contribution in [2.75, 3.05) is 13.2 Å². The van der Waals surface area contributed by atoms with Crippen LogP contribution >= 0.6 is 0 Å². The first-order chi connectivity index (χ1) is 8.76. The SMILES string of the molecule is C=C(CC)CC(CCOc1ccccc1)NCC. The van der Waals surface area contributed by atoms with Crippen molar-refractivity contribution >= 4 is 0 Å². The van der Waals surface area contributed by atoms with Crippen LogP contribution < -0.4 is 10.1 Å². The maximum Gasteiger partial charge on any atom is 0.119 e. The summed E-state index contributed by atoms with van der Waals surface area (Å²) in [5, 5.41) is 3.49. The van der Waals surface area contributed by atoms with Crippen LogP contribution in [0.2, 0.25) is 0 Å². The van der Waals surface area contributed by atoms with Crippen molar-refractivity contribution in [1.82, 2.24) is 5.32 Å². The van der Waals surface area contributed by atoms with Gasteiger partial charge in [0.25, 0.3) is 0 Å². The Morgan fingerprint density at radius 3 is 2.61 bits per heavy atom. The number of hydrogen-bond donors (Lipinski definition) is 1. The third-order valence-corrected chi connectivity index (χ3v) is 3.01. The minimum atomic E-state index is 0.478. The van der Waals surface area contributed by atoms with Crippen LogP contribution in [-0.2, 0) is 0 Å². The molecule has 0 aliphatic heterocycles. The Balaban J connectivity index is 2.31. The van der Waals surface area contributed by atoms with Gasteiger partial charge in [-0.15, -0.1) is 0 Å². The zero-order chi connectivity index (χ0) is 13.2. The Morgan fingerprint density at radius 2 is 2.00 bits per heavy atom. The van der Waals surface area contributed by atoms with Crippen LogP contribution in [-0.4, -0.2) is 19.2 Å². The van der Waals surface area contributed by atoms with Crippen LogP contribution in [0.5, 0.6) is 5.75 Å². The summed E-state index contributed by atoms with van der Waals surface area (Å²) in [4.78, 5) is 0. The van der Waals surface area contributed by atoms with Gasteiger partial charge in [-0.1, -0.05) is 44.2 Å². The Morgan fingerprint density at radius 1 is 1.28 bits per heavy atom. The van der Waals surface area contributed by atoms with Gasteiger partial charge in [0.2, 0.25) is 0 Å². The predicted octanol–water partition coefficient (Wildman–Crippen LogP) is 3.79. The van der Waals surface area contributed by atoms with Gasteiger partial charge in [-0.2, -0.15) is 0 Å². The summed E-state index contributed by atoms with van der Waals surface area (Å²) in [5.41, 5.74) is 1.31.